The Balaban J connectivity index is 0.000000769. The quantitative estimate of drug-likeness (QED) is 0.283. The molecule has 1 unspecified atom stereocenters. The number of likely N-dealkylation sites (tertiary alicyclic amines) is 1. The molecule has 0 spiro atoms. The van der Waals surface area contributed by atoms with Gasteiger partial charge in [0, 0.05) is 50.8 Å². The molecule has 11 nitrogen and oxygen atoms in total. The highest BCUT2D eigenvalue weighted by molar-refractivity contribution is 7.88. The molecule has 0 saturated carbocycles. The lowest BCUT2D eigenvalue weighted by atomic mass is 9.95. The van der Waals surface area contributed by atoms with Crippen molar-refractivity contribution in [2.24, 2.45) is 5.92 Å². The molecule has 1 aromatic carbocycles. The minimum Gasteiger partial charge on any atom is -0.493 e. The molecule has 2 aliphatic carbocycles. The fraction of sp³-hybridized carbons (Fsp3) is 0.562. The minimum absolute atomic E-state index is 0.190. The van der Waals surface area contributed by atoms with Crippen molar-refractivity contribution in [2.75, 3.05) is 46.8 Å². The zero-order chi connectivity index (χ0) is 32.7. The molecule has 3 aliphatic rings. The number of nitrogens with zero attached hydrogens (tertiary/aromatic N) is 2. The van der Waals surface area contributed by atoms with Gasteiger partial charge in [0.2, 0.25) is 10.0 Å². The van der Waals surface area contributed by atoms with E-state index in [9.17, 15) is 18.0 Å². The predicted octanol–water partition coefficient (Wildman–Crippen LogP) is 4.76. The molecule has 1 aromatic rings. The number of ether oxygens (including phenoxy) is 4. The van der Waals surface area contributed by atoms with Crippen molar-refractivity contribution in [1.82, 2.24) is 14.5 Å². The van der Waals surface area contributed by atoms with Crippen LogP contribution in [-0.4, -0.2) is 94.8 Å². The number of carbonyl (C=O) groups excluding carboxylic acids is 2. The van der Waals surface area contributed by atoms with Crippen LogP contribution in [0.5, 0.6) is 11.5 Å². The van der Waals surface area contributed by atoms with Crippen molar-refractivity contribution in [3.8, 4) is 22.6 Å². The molecule has 2 atom stereocenters. The van der Waals surface area contributed by atoms with Crippen LogP contribution in [0.3, 0.4) is 0 Å². The van der Waals surface area contributed by atoms with Crippen molar-refractivity contribution in [3.05, 3.63) is 48.0 Å². The molecule has 1 N–H and O–H groups in total. The molecular weight excluding hydrogens is 586 g/mol. The van der Waals surface area contributed by atoms with Crippen molar-refractivity contribution < 1.29 is 37.0 Å². The highest BCUT2D eigenvalue weighted by atomic mass is 32.2. The average molecular weight is 634 g/mol. The van der Waals surface area contributed by atoms with Crippen LogP contribution in [0.2, 0.25) is 0 Å². The van der Waals surface area contributed by atoms with E-state index in [0.717, 1.165) is 6.26 Å². The number of hydrogen-bond donors (Lipinski definition) is 1. The number of rotatable bonds is 12. The summed E-state index contributed by atoms with van der Waals surface area (Å²) >= 11 is 0. The Bertz CT molecular complexity index is 1350. The topological polar surface area (TPSA) is 124 Å². The molecule has 12 heteroatoms. The van der Waals surface area contributed by atoms with Gasteiger partial charge in [-0.25, -0.2) is 13.2 Å². The van der Waals surface area contributed by atoms with E-state index in [1.54, 1.807) is 51.0 Å². The summed E-state index contributed by atoms with van der Waals surface area (Å²) in [7, 11) is -0.497. The second-order valence-electron chi connectivity index (χ2n) is 12.2. The van der Waals surface area contributed by atoms with Crippen LogP contribution in [0, 0.1) is 5.92 Å². The van der Waals surface area contributed by atoms with Gasteiger partial charge in [0.15, 0.2) is 11.5 Å². The van der Waals surface area contributed by atoms with Gasteiger partial charge in [0.05, 0.1) is 20.0 Å². The summed E-state index contributed by atoms with van der Waals surface area (Å²) in [5.41, 5.74) is 2.53. The first kappa shape index (κ1) is 35.1. The van der Waals surface area contributed by atoms with Crippen LogP contribution in [-0.2, 0) is 19.5 Å². The third kappa shape index (κ3) is 9.83. The third-order valence-corrected chi connectivity index (χ3v) is 7.85. The molecule has 44 heavy (non-hydrogen) atoms. The van der Waals surface area contributed by atoms with E-state index in [2.05, 4.69) is 29.0 Å². The zero-order valence-electron chi connectivity index (χ0n) is 27.1. The number of methoxy groups -OCH3 is 2. The van der Waals surface area contributed by atoms with E-state index in [-0.39, 0.29) is 24.4 Å². The van der Waals surface area contributed by atoms with Crippen molar-refractivity contribution >= 4 is 22.0 Å². The number of carbonyl (C=O) groups is 2. The Hall–Kier alpha value is -3.35. The molecule has 0 radical (unpaired) electrons. The van der Waals surface area contributed by atoms with Gasteiger partial charge in [-0.3, -0.25) is 9.69 Å². The van der Waals surface area contributed by atoms with Gasteiger partial charge in [-0.2, -0.15) is 4.72 Å². The second kappa shape index (κ2) is 15.1. The number of sulfonamides is 1. The first-order valence-corrected chi connectivity index (χ1v) is 16.7. The lowest BCUT2D eigenvalue weighted by molar-refractivity contribution is 0.0188. The molecule has 2 amide bonds. The average Bonchev–Trinajstić information content (AvgIpc) is 3.31. The zero-order valence-corrected chi connectivity index (χ0v) is 27.9. The maximum atomic E-state index is 13.7. The van der Waals surface area contributed by atoms with Crippen LogP contribution in [0.15, 0.2) is 42.5 Å². The number of fused-ring (bicyclic) bond motifs is 1. The van der Waals surface area contributed by atoms with Gasteiger partial charge >= 0.3 is 6.09 Å². The maximum absolute atomic E-state index is 13.7. The molecule has 1 heterocycles. The van der Waals surface area contributed by atoms with Crippen LogP contribution >= 0.6 is 0 Å². The normalized spacial score (nSPS) is 17.1. The minimum atomic E-state index is -3.65. The Labute approximate surface area is 261 Å². The van der Waals surface area contributed by atoms with E-state index < -0.39 is 27.9 Å². The number of nitrogens with one attached hydrogen (secondary N) is 1. The van der Waals surface area contributed by atoms with E-state index in [0.29, 0.717) is 49.7 Å². The van der Waals surface area contributed by atoms with Crippen LogP contribution in [0.1, 0.15) is 57.8 Å². The highest BCUT2D eigenvalue weighted by Crippen LogP contribution is 2.31. The summed E-state index contributed by atoms with van der Waals surface area (Å²) in [6.07, 6.45) is 0.783. The molecule has 4 rings (SSSR count). The summed E-state index contributed by atoms with van der Waals surface area (Å²) in [4.78, 5) is 29.6. The Kier molecular flexibility index (Phi) is 12.0. The SMILES string of the molecule is COCCCOc1cc(C(=O)N(C[C@H]2CCN(C(=O)OC(C)(C)C)C2NS(C)(=O)=O)C(C)C)ccc1OC.c1cc2ccc1-2. The number of benzene rings is 2. The summed E-state index contributed by atoms with van der Waals surface area (Å²) in [6, 6.07) is 13.3. The molecule has 244 valence electrons. The number of hydrogen-bond acceptors (Lipinski definition) is 8. The molecular formula is C32H47N3O8S. The summed E-state index contributed by atoms with van der Waals surface area (Å²) in [5.74, 6) is 0.382. The van der Waals surface area contributed by atoms with Crippen molar-refractivity contribution in [1.29, 1.82) is 0 Å². The maximum Gasteiger partial charge on any atom is 0.411 e. The van der Waals surface area contributed by atoms with Gasteiger partial charge in [-0.05, 0) is 70.4 Å². The molecule has 1 saturated heterocycles. The monoisotopic (exact) mass is 633 g/mol. The van der Waals surface area contributed by atoms with Gasteiger partial charge in [-0.1, -0.05) is 24.3 Å². The fourth-order valence-electron chi connectivity index (χ4n) is 4.87. The standard InChI is InChI=1S/C26H43N3O8S.C6H4/c1-18(2)29(24(30)19-10-11-21(35-7)22(16-19)36-15-9-14-34-6)17-20-12-13-28(23(20)27-38(8,32)33)25(31)37-26(3,4)5;1-2-6-4-3-5(1)6/h10-11,16,18,20,23,27H,9,12-15,17H2,1-8H3;1-4H/t20-,23?;/m1./s1. The molecule has 0 bridgehead atoms. The first-order valence-electron chi connectivity index (χ1n) is 14.8. The summed E-state index contributed by atoms with van der Waals surface area (Å²) in [6.45, 7) is 10.5. The van der Waals surface area contributed by atoms with Gasteiger partial charge < -0.3 is 23.8 Å². The van der Waals surface area contributed by atoms with E-state index in [1.807, 2.05) is 13.8 Å². The van der Waals surface area contributed by atoms with Crippen LogP contribution in [0.25, 0.3) is 11.1 Å². The van der Waals surface area contributed by atoms with Gasteiger partial charge in [0.1, 0.15) is 11.8 Å². The van der Waals surface area contributed by atoms with E-state index in [4.69, 9.17) is 18.9 Å². The molecule has 0 aromatic heterocycles. The van der Waals surface area contributed by atoms with Gasteiger partial charge in [-0.15, -0.1) is 0 Å². The van der Waals surface area contributed by atoms with Gasteiger partial charge in [0.25, 0.3) is 5.91 Å². The largest absolute Gasteiger partial charge is 0.493 e. The van der Waals surface area contributed by atoms with E-state index in [1.165, 1.54) is 23.1 Å². The lowest BCUT2D eigenvalue weighted by Gasteiger charge is -2.34. The lowest BCUT2D eigenvalue weighted by Crippen LogP contribution is -2.53. The second-order valence-corrected chi connectivity index (χ2v) is 14.0. The first-order chi connectivity index (χ1) is 20.6. The van der Waals surface area contributed by atoms with E-state index >= 15 is 0 Å². The molecule has 1 fully saturated rings. The Morgan fingerprint density at radius 3 is 2.14 bits per heavy atom. The number of amides is 2. The Morgan fingerprint density at radius 1 is 1.02 bits per heavy atom. The smallest absolute Gasteiger partial charge is 0.411 e. The fourth-order valence-corrected chi connectivity index (χ4v) is 5.63. The summed E-state index contributed by atoms with van der Waals surface area (Å²) in [5, 5.41) is 0. The summed E-state index contributed by atoms with van der Waals surface area (Å²) < 4.78 is 48.7. The van der Waals surface area contributed by atoms with Crippen LogP contribution < -0.4 is 14.2 Å². The Morgan fingerprint density at radius 2 is 1.66 bits per heavy atom. The van der Waals surface area contributed by atoms with Crippen molar-refractivity contribution in [2.45, 2.75) is 65.3 Å². The van der Waals surface area contributed by atoms with Crippen molar-refractivity contribution in [3.63, 3.8) is 0 Å². The predicted molar refractivity (Wildman–Crippen MR) is 169 cm³/mol. The highest BCUT2D eigenvalue weighted by Gasteiger charge is 2.42. The van der Waals surface area contributed by atoms with Crippen LogP contribution in [0.4, 0.5) is 4.79 Å². The third-order valence-electron chi connectivity index (χ3n) is 7.18. The molecule has 1 aliphatic heterocycles.